The lowest BCUT2D eigenvalue weighted by molar-refractivity contribution is -0.141. The molecule has 0 aliphatic rings. The first-order valence-corrected chi connectivity index (χ1v) is 7.56. The van der Waals surface area contributed by atoms with E-state index in [4.69, 9.17) is 0 Å². The van der Waals surface area contributed by atoms with E-state index in [0.29, 0.717) is 0 Å². The van der Waals surface area contributed by atoms with Gasteiger partial charge in [-0.1, -0.05) is 6.07 Å². The Morgan fingerprint density at radius 2 is 2.14 bits per heavy atom. The average Bonchev–Trinajstić information content (AvgIpc) is 2.97. The van der Waals surface area contributed by atoms with Crippen molar-refractivity contribution in [3.8, 4) is 0 Å². The molecule has 0 fully saturated rings. The fraction of sp³-hybridized carbons (Fsp3) is 0.429. The Morgan fingerprint density at radius 1 is 1.45 bits per heavy atom. The topological polar surface area (TPSA) is 46.9 Å². The van der Waals surface area contributed by atoms with Crippen LogP contribution < -0.4 is 5.32 Å². The van der Waals surface area contributed by atoms with Gasteiger partial charge in [-0.15, -0.1) is 11.3 Å². The quantitative estimate of drug-likeness (QED) is 0.933. The third kappa shape index (κ3) is 3.49. The van der Waals surface area contributed by atoms with Crippen LogP contribution in [0.15, 0.2) is 17.5 Å². The van der Waals surface area contributed by atoms with Gasteiger partial charge in [0.05, 0.1) is 12.1 Å². The van der Waals surface area contributed by atoms with Crippen LogP contribution in [0.5, 0.6) is 0 Å². The minimum Gasteiger partial charge on any atom is -0.350 e. The fourth-order valence-electron chi connectivity index (χ4n) is 2.05. The minimum atomic E-state index is -4.67. The van der Waals surface area contributed by atoms with Crippen molar-refractivity contribution in [2.45, 2.75) is 39.5 Å². The van der Waals surface area contributed by atoms with E-state index in [1.54, 1.807) is 13.8 Å². The molecule has 0 bridgehead atoms. The molecule has 0 unspecified atom stereocenters. The van der Waals surface area contributed by atoms with Crippen molar-refractivity contribution in [2.75, 3.05) is 0 Å². The molecule has 2 rings (SSSR count). The van der Waals surface area contributed by atoms with E-state index in [1.165, 1.54) is 22.9 Å². The average molecular weight is 331 g/mol. The van der Waals surface area contributed by atoms with Crippen LogP contribution >= 0.6 is 11.3 Å². The van der Waals surface area contributed by atoms with Crippen molar-refractivity contribution in [2.24, 2.45) is 0 Å². The molecule has 1 amide bonds. The van der Waals surface area contributed by atoms with Gasteiger partial charge in [0.15, 0.2) is 5.69 Å². The van der Waals surface area contributed by atoms with E-state index in [0.717, 1.165) is 4.88 Å². The molecule has 0 radical (unpaired) electrons. The summed E-state index contributed by atoms with van der Waals surface area (Å²) < 4.78 is 40.7. The molecule has 0 aliphatic heterocycles. The number of rotatable bonds is 4. The second kappa shape index (κ2) is 6.12. The monoisotopic (exact) mass is 331 g/mol. The maximum absolute atomic E-state index is 13.2. The summed E-state index contributed by atoms with van der Waals surface area (Å²) in [5.74, 6) is -0.753. The van der Waals surface area contributed by atoms with Crippen molar-refractivity contribution in [3.63, 3.8) is 0 Å². The van der Waals surface area contributed by atoms with Crippen LogP contribution in [0, 0.1) is 6.92 Å². The second-order valence-electron chi connectivity index (χ2n) is 5.17. The zero-order valence-corrected chi connectivity index (χ0v) is 13.2. The number of hydrogen-bond donors (Lipinski definition) is 1. The Labute approximate surface area is 129 Å². The van der Waals surface area contributed by atoms with Gasteiger partial charge in [-0.05, 0) is 32.2 Å². The van der Waals surface area contributed by atoms with Crippen LogP contribution in [-0.2, 0) is 12.7 Å². The highest BCUT2D eigenvalue weighted by atomic mass is 32.1. The first-order chi connectivity index (χ1) is 10.2. The van der Waals surface area contributed by atoms with E-state index in [-0.39, 0.29) is 18.3 Å². The molecule has 0 spiro atoms. The smallest absolute Gasteiger partial charge is 0.350 e. The molecule has 0 aromatic carbocycles. The number of carbonyl (C=O) groups is 1. The molecule has 2 heterocycles. The summed E-state index contributed by atoms with van der Waals surface area (Å²) in [5, 5.41) is 7.96. The third-order valence-corrected chi connectivity index (χ3v) is 3.87. The Hall–Kier alpha value is -1.83. The summed E-state index contributed by atoms with van der Waals surface area (Å²) in [5.41, 5.74) is -1.34. The largest absolute Gasteiger partial charge is 0.435 e. The van der Waals surface area contributed by atoms with Gasteiger partial charge in [0, 0.05) is 16.6 Å². The van der Waals surface area contributed by atoms with Crippen molar-refractivity contribution in [1.29, 1.82) is 0 Å². The molecule has 0 atom stereocenters. The summed E-state index contributed by atoms with van der Waals surface area (Å²) in [7, 11) is 0. The lowest BCUT2D eigenvalue weighted by Gasteiger charge is -2.10. The van der Waals surface area contributed by atoms with Crippen molar-refractivity contribution < 1.29 is 18.0 Å². The van der Waals surface area contributed by atoms with Gasteiger partial charge in [-0.25, -0.2) is 0 Å². The van der Waals surface area contributed by atoms with Crippen LogP contribution in [0.1, 0.15) is 40.5 Å². The van der Waals surface area contributed by atoms with Gasteiger partial charge < -0.3 is 5.32 Å². The zero-order chi connectivity index (χ0) is 16.5. The van der Waals surface area contributed by atoms with Gasteiger partial charge in [-0.2, -0.15) is 18.3 Å². The lowest BCUT2D eigenvalue weighted by Crippen LogP contribution is -2.32. The van der Waals surface area contributed by atoms with Gasteiger partial charge in [-0.3, -0.25) is 9.48 Å². The Balaban J connectivity index is 2.45. The Morgan fingerprint density at radius 3 is 2.64 bits per heavy atom. The fourth-order valence-corrected chi connectivity index (χ4v) is 2.74. The SMILES string of the molecule is Cc1c(C(=O)NC(C)C)c(C(F)(F)F)nn1Cc1cccs1. The summed E-state index contributed by atoms with van der Waals surface area (Å²) in [6.07, 6.45) is -4.67. The first-order valence-electron chi connectivity index (χ1n) is 6.68. The Kier molecular flexibility index (Phi) is 4.60. The summed E-state index contributed by atoms with van der Waals surface area (Å²) in [6.45, 7) is 5.07. The molecule has 22 heavy (non-hydrogen) atoms. The predicted molar refractivity (Wildman–Crippen MR) is 78.0 cm³/mol. The van der Waals surface area contributed by atoms with Crippen LogP contribution in [0.4, 0.5) is 13.2 Å². The summed E-state index contributed by atoms with van der Waals surface area (Å²) in [6, 6.07) is 3.37. The molecule has 1 N–H and O–H groups in total. The molecule has 0 aliphatic carbocycles. The summed E-state index contributed by atoms with van der Waals surface area (Å²) >= 11 is 1.43. The molecule has 2 aromatic rings. The number of hydrogen-bond acceptors (Lipinski definition) is 3. The number of nitrogens with zero attached hydrogens (tertiary/aromatic N) is 2. The molecule has 4 nitrogen and oxygen atoms in total. The molecular weight excluding hydrogens is 315 g/mol. The molecule has 8 heteroatoms. The predicted octanol–water partition coefficient (Wildman–Crippen LogP) is 3.46. The third-order valence-electron chi connectivity index (χ3n) is 3.01. The van der Waals surface area contributed by atoms with E-state index < -0.39 is 23.3 Å². The Bertz CT molecular complexity index is 660. The van der Waals surface area contributed by atoms with E-state index >= 15 is 0 Å². The lowest BCUT2D eigenvalue weighted by atomic mass is 10.1. The van der Waals surface area contributed by atoms with Gasteiger partial charge in [0.1, 0.15) is 0 Å². The number of halogens is 3. The van der Waals surface area contributed by atoms with Crippen LogP contribution in [-0.4, -0.2) is 21.7 Å². The van der Waals surface area contributed by atoms with Crippen LogP contribution in [0.2, 0.25) is 0 Å². The molecular formula is C14H16F3N3OS. The standard InChI is InChI=1S/C14H16F3N3OS/c1-8(2)18-13(21)11-9(3)20(7-10-5-4-6-22-10)19-12(11)14(15,16)17/h4-6,8H,7H2,1-3H3,(H,18,21). The van der Waals surface area contributed by atoms with Crippen LogP contribution in [0.25, 0.3) is 0 Å². The number of alkyl halides is 3. The number of aromatic nitrogens is 2. The van der Waals surface area contributed by atoms with Crippen molar-refractivity contribution in [3.05, 3.63) is 39.3 Å². The molecule has 120 valence electrons. The van der Waals surface area contributed by atoms with Gasteiger partial charge >= 0.3 is 6.18 Å². The molecule has 2 aromatic heterocycles. The highest BCUT2D eigenvalue weighted by Gasteiger charge is 2.40. The molecule has 0 saturated heterocycles. The number of carbonyl (C=O) groups excluding carboxylic acids is 1. The summed E-state index contributed by atoms with van der Waals surface area (Å²) in [4.78, 5) is 13.0. The van der Waals surface area contributed by atoms with Crippen LogP contribution in [0.3, 0.4) is 0 Å². The highest BCUT2D eigenvalue weighted by molar-refractivity contribution is 7.09. The maximum atomic E-state index is 13.2. The van der Waals surface area contributed by atoms with E-state index in [1.807, 2.05) is 17.5 Å². The van der Waals surface area contributed by atoms with E-state index in [9.17, 15) is 18.0 Å². The first kappa shape index (κ1) is 16.5. The number of amides is 1. The van der Waals surface area contributed by atoms with Gasteiger partial charge in [0.2, 0.25) is 0 Å². The number of thiophene rings is 1. The maximum Gasteiger partial charge on any atom is 0.435 e. The van der Waals surface area contributed by atoms with Gasteiger partial charge in [0.25, 0.3) is 5.91 Å². The zero-order valence-electron chi connectivity index (χ0n) is 12.4. The normalized spacial score (nSPS) is 12.0. The highest BCUT2D eigenvalue weighted by Crippen LogP contribution is 2.32. The van der Waals surface area contributed by atoms with Crippen molar-refractivity contribution in [1.82, 2.24) is 15.1 Å². The molecule has 0 saturated carbocycles. The minimum absolute atomic E-state index is 0.207. The van der Waals surface area contributed by atoms with Crippen molar-refractivity contribution >= 4 is 17.2 Å². The second-order valence-corrected chi connectivity index (χ2v) is 6.20. The van der Waals surface area contributed by atoms with E-state index in [2.05, 4.69) is 10.4 Å². The number of nitrogens with one attached hydrogen (secondary N) is 1.